The molecule has 0 aliphatic carbocycles. The second-order valence-electron chi connectivity index (χ2n) is 10.2. The van der Waals surface area contributed by atoms with E-state index in [1.165, 1.54) is 21.5 Å². The van der Waals surface area contributed by atoms with Gasteiger partial charge in [0.05, 0.1) is 5.69 Å². The molecule has 0 fully saturated rings. The van der Waals surface area contributed by atoms with Gasteiger partial charge in [0.15, 0.2) is 12.0 Å². The van der Waals surface area contributed by atoms with Crippen LogP contribution >= 0.6 is 0 Å². The largest absolute Gasteiger partial charge is 0.464 e. The molecule has 0 aromatic heterocycles. The molecule has 0 bridgehead atoms. The van der Waals surface area contributed by atoms with E-state index in [9.17, 15) is 0 Å². The van der Waals surface area contributed by atoms with Crippen molar-refractivity contribution in [2.75, 3.05) is 10.2 Å². The number of nitrogens with one attached hydrogen (secondary N) is 1. The average Bonchev–Trinajstić information content (AvgIpc) is 3.48. The average molecular weight is 515 g/mol. The zero-order chi connectivity index (χ0) is 26.5. The van der Waals surface area contributed by atoms with Crippen molar-refractivity contribution in [3.8, 4) is 5.75 Å². The Labute approximate surface area is 232 Å². The topological polar surface area (TPSA) is 24.5 Å². The van der Waals surface area contributed by atoms with E-state index in [-0.39, 0.29) is 6.23 Å². The zero-order valence-electron chi connectivity index (χ0n) is 21.8. The Kier molecular flexibility index (Phi) is 5.20. The highest BCUT2D eigenvalue weighted by atomic mass is 16.5. The third-order valence-corrected chi connectivity index (χ3v) is 7.84. The van der Waals surface area contributed by atoms with Gasteiger partial charge in [0, 0.05) is 33.4 Å². The number of nitrogens with zero attached hydrogens (tertiary/aromatic N) is 1. The lowest BCUT2D eigenvalue weighted by molar-refractivity contribution is 0.262. The van der Waals surface area contributed by atoms with Crippen molar-refractivity contribution >= 4 is 55.1 Å². The molecule has 1 aliphatic rings. The number of hydrogen-bond acceptors (Lipinski definition) is 3. The lowest BCUT2D eigenvalue weighted by Gasteiger charge is -2.26. The summed E-state index contributed by atoms with van der Waals surface area (Å²) in [4.78, 5) is 2.33. The fourth-order valence-electron chi connectivity index (χ4n) is 5.95. The van der Waals surface area contributed by atoms with Crippen LogP contribution in [0.1, 0.15) is 11.8 Å². The van der Waals surface area contributed by atoms with E-state index >= 15 is 0 Å². The first-order valence-corrected chi connectivity index (χ1v) is 13.6. The van der Waals surface area contributed by atoms with E-state index in [4.69, 9.17) is 4.74 Å². The van der Waals surface area contributed by atoms with E-state index in [1.54, 1.807) is 0 Å². The Morgan fingerprint density at radius 2 is 1.12 bits per heavy atom. The number of hydrogen-bond donors (Lipinski definition) is 1. The number of rotatable bonds is 4. The number of ether oxygens (including phenoxy) is 1. The predicted octanol–water partition coefficient (Wildman–Crippen LogP) is 10.1. The van der Waals surface area contributed by atoms with Crippen molar-refractivity contribution in [3.05, 3.63) is 151 Å². The summed E-state index contributed by atoms with van der Waals surface area (Å²) in [5.41, 5.74) is 5.50. The van der Waals surface area contributed by atoms with Crippen molar-refractivity contribution in [2.24, 2.45) is 0 Å². The molecule has 0 saturated heterocycles. The molecular weight excluding hydrogens is 488 g/mol. The maximum atomic E-state index is 6.61. The van der Waals surface area contributed by atoms with Gasteiger partial charge in [-0.15, -0.1) is 0 Å². The molecule has 3 nitrogen and oxygen atoms in total. The minimum Gasteiger partial charge on any atom is -0.464 e. The Morgan fingerprint density at radius 3 is 1.95 bits per heavy atom. The maximum absolute atomic E-state index is 6.61. The van der Waals surface area contributed by atoms with Crippen LogP contribution in [-0.4, -0.2) is 0 Å². The monoisotopic (exact) mass is 514 g/mol. The first kappa shape index (κ1) is 22.7. The highest BCUT2D eigenvalue weighted by molar-refractivity contribution is 6.18. The van der Waals surface area contributed by atoms with Crippen molar-refractivity contribution < 1.29 is 4.74 Å². The summed E-state index contributed by atoms with van der Waals surface area (Å²) in [6, 6.07) is 51.4. The van der Waals surface area contributed by atoms with Crippen LogP contribution in [0, 0.1) is 0 Å². The van der Waals surface area contributed by atoms with Crippen molar-refractivity contribution in [1.82, 2.24) is 0 Å². The first-order chi connectivity index (χ1) is 19.8. The summed E-state index contributed by atoms with van der Waals surface area (Å²) >= 11 is 0. The number of fused-ring (bicyclic) bond motifs is 7. The van der Waals surface area contributed by atoms with E-state index in [2.05, 4.69) is 150 Å². The fourth-order valence-corrected chi connectivity index (χ4v) is 5.95. The third kappa shape index (κ3) is 3.67. The van der Waals surface area contributed by atoms with Gasteiger partial charge in [-0.25, -0.2) is 0 Å². The molecule has 3 heteroatoms. The van der Waals surface area contributed by atoms with E-state index in [0.29, 0.717) is 0 Å². The molecule has 0 spiro atoms. The summed E-state index contributed by atoms with van der Waals surface area (Å²) in [6.07, 6.45) is -0.219. The maximum Gasteiger partial charge on any atom is 0.196 e. The van der Waals surface area contributed by atoms with Crippen LogP contribution in [0.15, 0.2) is 146 Å². The summed E-state index contributed by atoms with van der Waals surface area (Å²) in [6.45, 7) is 0. The van der Waals surface area contributed by atoms with Crippen LogP contribution in [0.2, 0.25) is 0 Å². The Morgan fingerprint density at radius 1 is 0.475 bits per heavy atom. The van der Waals surface area contributed by atoms with Crippen LogP contribution < -0.4 is 15.0 Å². The van der Waals surface area contributed by atoms with Crippen LogP contribution in [0.5, 0.6) is 5.75 Å². The molecule has 0 amide bonds. The molecule has 40 heavy (non-hydrogen) atoms. The molecule has 0 saturated carbocycles. The Bertz CT molecular complexity index is 2020. The van der Waals surface area contributed by atoms with E-state index < -0.39 is 0 Å². The van der Waals surface area contributed by atoms with Gasteiger partial charge in [0.2, 0.25) is 0 Å². The smallest absolute Gasteiger partial charge is 0.196 e. The first-order valence-electron chi connectivity index (χ1n) is 13.6. The van der Waals surface area contributed by atoms with Gasteiger partial charge in [-0.3, -0.25) is 0 Å². The molecule has 7 aromatic rings. The minimum absolute atomic E-state index is 0.219. The fraction of sp³-hybridized carbons (Fsp3) is 0.0270. The zero-order valence-corrected chi connectivity index (χ0v) is 21.8. The van der Waals surface area contributed by atoms with E-state index in [0.717, 1.165) is 44.8 Å². The molecule has 1 aliphatic heterocycles. The summed E-state index contributed by atoms with van der Waals surface area (Å²) in [5.74, 6) is 0.908. The molecule has 7 aromatic carbocycles. The molecule has 1 heterocycles. The summed E-state index contributed by atoms with van der Waals surface area (Å²) in [5, 5.41) is 10.8. The molecule has 1 atom stereocenters. The highest BCUT2D eigenvalue weighted by Crippen LogP contribution is 2.50. The third-order valence-electron chi connectivity index (χ3n) is 7.84. The Balaban J connectivity index is 1.33. The van der Waals surface area contributed by atoms with Gasteiger partial charge in [0.25, 0.3) is 0 Å². The lowest BCUT2D eigenvalue weighted by Crippen LogP contribution is -2.10. The highest BCUT2D eigenvalue weighted by Gasteiger charge is 2.28. The quantitative estimate of drug-likeness (QED) is 0.237. The molecular formula is C37H26N2O. The summed E-state index contributed by atoms with van der Waals surface area (Å²) in [7, 11) is 0. The lowest BCUT2D eigenvalue weighted by atomic mass is 9.98. The van der Waals surface area contributed by atoms with Gasteiger partial charge in [-0.05, 0) is 64.0 Å². The predicted molar refractivity (Wildman–Crippen MR) is 167 cm³/mol. The molecule has 8 rings (SSSR count). The minimum atomic E-state index is -0.219. The van der Waals surface area contributed by atoms with E-state index in [1.807, 2.05) is 6.07 Å². The van der Waals surface area contributed by atoms with Crippen LogP contribution in [0.4, 0.5) is 22.7 Å². The molecule has 1 N–H and O–H groups in total. The van der Waals surface area contributed by atoms with Gasteiger partial charge >= 0.3 is 0 Å². The second-order valence-corrected chi connectivity index (χ2v) is 10.2. The normalized spacial score (nSPS) is 14.2. The van der Waals surface area contributed by atoms with Crippen LogP contribution in [-0.2, 0) is 0 Å². The number of anilines is 4. The second kappa shape index (κ2) is 9.18. The van der Waals surface area contributed by atoms with Crippen molar-refractivity contribution in [2.45, 2.75) is 6.23 Å². The van der Waals surface area contributed by atoms with Gasteiger partial charge in [-0.2, -0.15) is 0 Å². The van der Waals surface area contributed by atoms with Gasteiger partial charge in [0.1, 0.15) is 0 Å². The van der Waals surface area contributed by atoms with Gasteiger partial charge < -0.3 is 15.0 Å². The summed E-state index contributed by atoms with van der Waals surface area (Å²) < 4.78 is 6.61. The van der Waals surface area contributed by atoms with Crippen molar-refractivity contribution in [3.63, 3.8) is 0 Å². The van der Waals surface area contributed by atoms with Crippen molar-refractivity contribution in [1.29, 1.82) is 0 Å². The standard InChI is InChI=1S/C37H26N2O/c1-3-12-26(13-4-1)37-38-35-32-18-10-9-17-31(32)34-24-30(21-22-33(34)36(35)40-37)39(28-15-5-2-6-16-28)29-20-19-25-11-7-8-14-27(25)23-29/h1-24,37-38H. The number of benzene rings is 7. The number of para-hydroxylation sites is 1. The Hall–Kier alpha value is -5.28. The molecule has 1 unspecified atom stereocenters. The SMILES string of the molecule is c1ccc(C2Nc3c(c4ccc(N(c5ccccc5)c5ccc6ccccc6c5)cc4c4ccccc34)O2)cc1. The van der Waals surface area contributed by atoms with Gasteiger partial charge in [-0.1, -0.05) is 103 Å². The van der Waals surface area contributed by atoms with Crippen LogP contribution in [0.25, 0.3) is 32.3 Å². The van der Waals surface area contributed by atoms with Crippen LogP contribution in [0.3, 0.4) is 0 Å². The molecule has 0 radical (unpaired) electrons. The molecule has 190 valence electrons.